The van der Waals surface area contributed by atoms with Crippen molar-refractivity contribution in [1.29, 1.82) is 0 Å². The quantitative estimate of drug-likeness (QED) is 0.196. The number of pyridine rings is 1. The second-order valence-corrected chi connectivity index (χ2v) is 7.13. The summed E-state index contributed by atoms with van der Waals surface area (Å²) in [6.45, 7) is 11.0. The first-order valence-corrected chi connectivity index (χ1v) is 10.2. The van der Waals surface area contributed by atoms with E-state index in [9.17, 15) is 0 Å². The Morgan fingerprint density at radius 2 is 2.03 bits per heavy atom. The van der Waals surface area contributed by atoms with Crippen LogP contribution < -0.4 is 16.0 Å². The predicted molar refractivity (Wildman–Crippen MR) is 132 cm³/mol. The molecule has 7 nitrogen and oxygen atoms in total. The minimum absolute atomic E-state index is 0. The van der Waals surface area contributed by atoms with Crippen molar-refractivity contribution in [3.05, 3.63) is 41.3 Å². The van der Waals surface area contributed by atoms with Gasteiger partial charge in [0.2, 0.25) is 0 Å². The molecule has 0 spiro atoms. The van der Waals surface area contributed by atoms with E-state index in [1.807, 2.05) is 29.9 Å². The molecule has 0 amide bonds. The molecule has 162 valence electrons. The van der Waals surface area contributed by atoms with Gasteiger partial charge in [-0.25, -0.2) is 4.98 Å². The lowest BCUT2D eigenvalue weighted by Crippen LogP contribution is -2.43. The fourth-order valence-corrected chi connectivity index (χ4v) is 3.13. The second-order valence-electron chi connectivity index (χ2n) is 7.13. The minimum atomic E-state index is 0. The van der Waals surface area contributed by atoms with E-state index < -0.39 is 0 Å². The third-order valence-electron chi connectivity index (χ3n) is 4.72. The Balaban J connectivity index is 0.00000420. The SMILES string of the molecule is CCNC(=NCCCCNc1ccccn1)NC(C)Cc1c(C)nn(C)c1C.I. The average Bonchev–Trinajstić information content (AvgIpc) is 2.91. The number of halogens is 1. The van der Waals surface area contributed by atoms with Gasteiger partial charge in [0.05, 0.1) is 5.69 Å². The second kappa shape index (κ2) is 13.4. The van der Waals surface area contributed by atoms with Crippen molar-refractivity contribution in [3.8, 4) is 0 Å². The van der Waals surface area contributed by atoms with Gasteiger partial charge in [-0.3, -0.25) is 9.67 Å². The largest absolute Gasteiger partial charge is 0.370 e. The molecule has 0 aromatic carbocycles. The van der Waals surface area contributed by atoms with Crippen LogP contribution in [0.4, 0.5) is 5.82 Å². The molecule has 0 saturated heterocycles. The molecule has 0 aliphatic rings. The van der Waals surface area contributed by atoms with Crippen molar-refractivity contribution in [1.82, 2.24) is 25.4 Å². The molecule has 0 aliphatic carbocycles. The van der Waals surface area contributed by atoms with Crippen molar-refractivity contribution in [2.24, 2.45) is 12.0 Å². The fourth-order valence-electron chi connectivity index (χ4n) is 3.13. The predicted octanol–water partition coefficient (Wildman–Crippen LogP) is 3.43. The lowest BCUT2D eigenvalue weighted by molar-refractivity contribution is 0.633. The molecule has 2 heterocycles. The van der Waals surface area contributed by atoms with Crippen LogP contribution in [0.25, 0.3) is 0 Å². The number of nitrogens with zero attached hydrogens (tertiary/aromatic N) is 4. The van der Waals surface area contributed by atoms with Crippen LogP contribution in [0.5, 0.6) is 0 Å². The molecule has 1 unspecified atom stereocenters. The first-order valence-electron chi connectivity index (χ1n) is 10.2. The number of nitrogens with one attached hydrogen (secondary N) is 3. The summed E-state index contributed by atoms with van der Waals surface area (Å²) in [6, 6.07) is 6.18. The highest BCUT2D eigenvalue weighted by atomic mass is 127. The fraction of sp³-hybridized carbons (Fsp3) is 0.571. The van der Waals surface area contributed by atoms with Crippen LogP contribution in [0.3, 0.4) is 0 Å². The van der Waals surface area contributed by atoms with Crippen LogP contribution in [0.15, 0.2) is 29.4 Å². The number of guanidine groups is 1. The summed E-state index contributed by atoms with van der Waals surface area (Å²) in [7, 11) is 2.00. The third-order valence-corrected chi connectivity index (χ3v) is 4.72. The zero-order valence-corrected chi connectivity index (χ0v) is 20.7. The maximum atomic E-state index is 4.72. The number of unbranched alkanes of at least 4 members (excludes halogenated alkanes) is 1. The topological polar surface area (TPSA) is 79.2 Å². The number of anilines is 1. The van der Waals surface area contributed by atoms with Crippen LogP contribution in [0.2, 0.25) is 0 Å². The number of rotatable bonds is 10. The van der Waals surface area contributed by atoms with Gasteiger partial charge in [-0.1, -0.05) is 6.07 Å². The summed E-state index contributed by atoms with van der Waals surface area (Å²) >= 11 is 0. The lowest BCUT2D eigenvalue weighted by atomic mass is 10.1. The molecule has 0 radical (unpaired) electrons. The van der Waals surface area contributed by atoms with Crippen molar-refractivity contribution in [3.63, 3.8) is 0 Å². The standard InChI is InChI=1S/C21H35N7.HI/c1-6-22-21(25-14-10-9-13-24-20-11-7-8-12-23-20)26-16(2)15-19-17(3)27-28(5)18(19)4;/h7-8,11-12,16H,6,9-10,13-15H2,1-5H3,(H,23,24)(H2,22,25,26);1H. The third kappa shape index (κ3) is 8.59. The van der Waals surface area contributed by atoms with Gasteiger partial charge in [-0.05, 0) is 64.7 Å². The van der Waals surface area contributed by atoms with Gasteiger partial charge >= 0.3 is 0 Å². The Bertz CT molecular complexity index is 743. The molecule has 8 heteroatoms. The number of hydrogen-bond acceptors (Lipinski definition) is 4. The Labute approximate surface area is 192 Å². The van der Waals surface area contributed by atoms with Gasteiger partial charge in [-0.2, -0.15) is 5.10 Å². The maximum Gasteiger partial charge on any atom is 0.191 e. The van der Waals surface area contributed by atoms with Gasteiger partial charge < -0.3 is 16.0 Å². The highest BCUT2D eigenvalue weighted by Crippen LogP contribution is 2.14. The normalized spacial score (nSPS) is 12.2. The van der Waals surface area contributed by atoms with Gasteiger partial charge in [0.25, 0.3) is 0 Å². The van der Waals surface area contributed by atoms with Crippen LogP contribution in [0.1, 0.15) is 43.6 Å². The van der Waals surface area contributed by atoms with E-state index in [1.54, 1.807) is 6.20 Å². The van der Waals surface area contributed by atoms with Crippen LogP contribution in [-0.4, -0.2) is 46.4 Å². The van der Waals surface area contributed by atoms with Crippen molar-refractivity contribution in [2.45, 2.75) is 53.0 Å². The number of aryl methyl sites for hydroxylation is 2. The van der Waals surface area contributed by atoms with Gasteiger partial charge in [0.1, 0.15) is 5.82 Å². The van der Waals surface area contributed by atoms with E-state index in [0.717, 1.165) is 56.4 Å². The highest BCUT2D eigenvalue weighted by Gasteiger charge is 2.13. The molecule has 0 aliphatic heterocycles. The molecule has 3 N–H and O–H groups in total. The molecule has 0 fully saturated rings. The van der Waals surface area contributed by atoms with Crippen LogP contribution in [-0.2, 0) is 13.5 Å². The smallest absolute Gasteiger partial charge is 0.191 e. The molecule has 1 atom stereocenters. The van der Waals surface area contributed by atoms with Crippen molar-refractivity contribution < 1.29 is 0 Å². The number of aromatic nitrogens is 3. The Morgan fingerprint density at radius 3 is 2.66 bits per heavy atom. The molecule has 0 bridgehead atoms. The first-order chi connectivity index (χ1) is 13.5. The molecule has 2 aromatic rings. The zero-order valence-electron chi connectivity index (χ0n) is 18.3. The van der Waals surface area contributed by atoms with Gasteiger partial charge in [0, 0.05) is 44.6 Å². The van der Waals surface area contributed by atoms with E-state index in [4.69, 9.17) is 4.99 Å². The van der Waals surface area contributed by atoms with E-state index in [-0.39, 0.29) is 30.0 Å². The number of aliphatic imine (C=N–C) groups is 1. The minimum Gasteiger partial charge on any atom is -0.370 e. The van der Waals surface area contributed by atoms with Crippen molar-refractivity contribution >= 4 is 35.8 Å². The summed E-state index contributed by atoms with van der Waals surface area (Å²) in [4.78, 5) is 8.99. The summed E-state index contributed by atoms with van der Waals surface area (Å²) in [6.07, 6.45) is 4.83. The zero-order chi connectivity index (χ0) is 20.4. The molecule has 2 rings (SSSR count). The summed E-state index contributed by atoms with van der Waals surface area (Å²) in [5, 5.41) is 14.7. The Morgan fingerprint density at radius 1 is 1.24 bits per heavy atom. The molecule has 29 heavy (non-hydrogen) atoms. The molecule has 2 aromatic heterocycles. The van der Waals surface area contributed by atoms with Crippen LogP contribution >= 0.6 is 24.0 Å². The van der Waals surface area contributed by atoms with E-state index in [2.05, 4.69) is 53.7 Å². The van der Waals surface area contributed by atoms with E-state index in [1.165, 1.54) is 11.3 Å². The Kier molecular flexibility index (Phi) is 11.6. The van der Waals surface area contributed by atoms with Gasteiger partial charge in [-0.15, -0.1) is 24.0 Å². The Hall–Kier alpha value is -1.84. The summed E-state index contributed by atoms with van der Waals surface area (Å²) in [5.41, 5.74) is 3.66. The highest BCUT2D eigenvalue weighted by molar-refractivity contribution is 14.0. The van der Waals surface area contributed by atoms with Crippen LogP contribution in [0, 0.1) is 13.8 Å². The monoisotopic (exact) mass is 513 g/mol. The first kappa shape index (κ1) is 25.2. The number of hydrogen-bond donors (Lipinski definition) is 3. The molecular weight excluding hydrogens is 477 g/mol. The summed E-state index contributed by atoms with van der Waals surface area (Å²) in [5.74, 6) is 1.81. The van der Waals surface area contributed by atoms with Gasteiger partial charge in [0.15, 0.2) is 5.96 Å². The molecular formula is C21H36IN7. The van der Waals surface area contributed by atoms with E-state index in [0.29, 0.717) is 0 Å². The summed E-state index contributed by atoms with van der Waals surface area (Å²) < 4.78 is 1.95. The molecule has 0 saturated carbocycles. The van der Waals surface area contributed by atoms with Crippen molar-refractivity contribution in [2.75, 3.05) is 25.0 Å². The average molecular weight is 513 g/mol. The van der Waals surface area contributed by atoms with E-state index >= 15 is 0 Å². The maximum absolute atomic E-state index is 4.72. The lowest BCUT2D eigenvalue weighted by Gasteiger charge is -2.18.